The minimum atomic E-state index is 0.619. The van der Waals surface area contributed by atoms with E-state index >= 15 is 0 Å². The van der Waals surface area contributed by atoms with Crippen LogP contribution in [0.15, 0.2) is 47.1 Å². The second-order valence-corrected chi connectivity index (χ2v) is 5.28. The van der Waals surface area contributed by atoms with Gasteiger partial charge in [0.25, 0.3) is 0 Å². The van der Waals surface area contributed by atoms with Gasteiger partial charge >= 0.3 is 0 Å². The van der Waals surface area contributed by atoms with E-state index in [1.54, 1.807) is 0 Å². The number of aromatic nitrogens is 2. The fraction of sp³-hybridized carbons (Fsp3) is 0. The Morgan fingerprint density at radius 3 is 2.56 bits per heavy atom. The van der Waals surface area contributed by atoms with Gasteiger partial charge in [0.15, 0.2) is 0 Å². The number of benzene rings is 1. The number of pyridine rings is 1. The highest BCUT2D eigenvalue weighted by Gasteiger charge is 2.11. The summed E-state index contributed by atoms with van der Waals surface area (Å²) < 4.78 is 2.82. The third kappa shape index (κ3) is 1.87. The van der Waals surface area contributed by atoms with Crippen molar-refractivity contribution in [2.24, 2.45) is 0 Å². The van der Waals surface area contributed by atoms with Gasteiger partial charge in [-0.05, 0) is 40.2 Å². The molecule has 0 unspecified atom stereocenters. The molecular formula is C13H9BrClN3. The second kappa shape index (κ2) is 4.30. The zero-order valence-corrected chi connectivity index (χ0v) is 11.6. The monoisotopic (exact) mass is 321 g/mol. The smallest absolute Gasteiger partial charge is 0.139 e. The van der Waals surface area contributed by atoms with Gasteiger partial charge in [-0.25, -0.2) is 4.98 Å². The van der Waals surface area contributed by atoms with Crippen molar-refractivity contribution < 1.29 is 0 Å². The number of anilines is 1. The Bertz CT molecular complexity index is 719. The largest absolute Gasteiger partial charge is 0.383 e. The van der Waals surface area contributed by atoms with E-state index in [1.165, 1.54) is 0 Å². The molecule has 0 aliphatic carbocycles. The number of hydrogen-bond acceptors (Lipinski definition) is 2. The van der Waals surface area contributed by atoms with Gasteiger partial charge in [-0.2, -0.15) is 0 Å². The Kier molecular flexibility index (Phi) is 2.76. The van der Waals surface area contributed by atoms with Gasteiger partial charge < -0.3 is 5.73 Å². The quantitative estimate of drug-likeness (QED) is 0.736. The lowest BCUT2D eigenvalue weighted by molar-refractivity contribution is 1.18. The van der Waals surface area contributed by atoms with Gasteiger partial charge in [-0.3, -0.25) is 4.40 Å². The first-order valence-electron chi connectivity index (χ1n) is 5.34. The number of nitrogens with zero attached hydrogens (tertiary/aromatic N) is 2. The molecule has 0 radical (unpaired) electrons. The molecule has 18 heavy (non-hydrogen) atoms. The molecule has 0 saturated heterocycles. The predicted molar refractivity (Wildman–Crippen MR) is 77.8 cm³/mol. The Morgan fingerprint density at radius 2 is 1.83 bits per heavy atom. The molecule has 2 heterocycles. The SMILES string of the molecule is Nc1c(-c2ccc(Cl)cc2)nc2ccc(Br)cn12. The molecule has 90 valence electrons. The third-order valence-electron chi connectivity index (χ3n) is 2.74. The molecule has 0 spiro atoms. The van der Waals surface area contributed by atoms with Crippen LogP contribution in [0.25, 0.3) is 16.9 Å². The number of nitrogen functional groups attached to an aromatic ring is 1. The van der Waals surface area contributed by atoms with E-state index in [2.05, 4.69) is 20.9 Å². The summed E-state index contributed by atoms with van der Waals surface area (Å²) in [6.45, 7) is 0. The summed E-state index contributed by atoms with van der Waals surface area (Å²) in [5, 5.41) is 0.698. The lowest BCUT2D eigenvalue weighted by Crippen LogP contribution is -1.93. The van der Waals surface area contributed by atoms with Crippen LogP contribution in [-0.2, 0) is 0 Å². The highest BCUT2D eigenvalue weighted by molar-refractivity contribution is 9.10. The number of imidazole rings is 1. The number of rotatable bonds is 1. The minimum absolute atomic E-state index is 0.619. The van der Waals surface area contributed by atoms with E-state index < -0.39 is 0 Å². The summed E-state index contributed by atoms with van der Waals surface area (Å²) in [6.07, 6.45) is 1.90. The molecule has 3 aromatic rings. The summed E-state index contributed by atoms with van der Waals surface area (Å²) in [6, 6.07) is 11.3. The van der Waals surface area contributed by atoms with Crippen molar-refractivity contribution in [1.29, 1.82) is 0 Å². The molecule has 1 aromatic carbocycles. The van der Waals surface area contributed by atoms with Crippen LogP contribution in [-0.4, -0.2) is 9.38 Å². The lowest BCUT2D eigenvalue weighted by atomic mass is 10.1. The highest BCUT2D eigenvalue weighted by Crippen LogP contribution is 2.28. The van der Waals surface area contributed by atoms with Crippen molar-refractivity contribution in [1.82, 2.24) is 9.38 Å². The van der Waals surface area contributed by atoms with E-state index in [-0.39, 0.29) is 0 Å². The average molecular weight is 323 g/mol. The van der Waals surface area contributed by atoms with Gasteiger partial charge in [-0.1, -0.05) is 23.7 Å². The maximum Gasteiger partial charge on any atom is 0.139 e. The van der Waals surface area contributed by atoms with Crippen molar-refractivity contribution in [2.75, 3.05) is 5.73 Å². The fourth-order valence-corrected chi connectivity index (χ4v) is 2.32. The fourth-order valence-electron chi connectivity index (χ4n) is 1.86. The molecule has 0 saturated carbocycles. The second-order valence-electron chi connectivity index (χ2n) is 3.93. The molecule has 2 aromatic heterocycles. The summed E-state index contributed by atoms with van der Waals surface area (Å²) in [5.74, 6) is 0.619. The summed E-state index contributed by atoms with van der Waals surface area (Å²) in [5.41, 5.74) is 8.67. The molecular weight excluding hydrogens is 314 g/mol. The normalized spacial score (nSPS) is 11.0. The van der Waals surface area contributed by atoms with Crippen LogP contribution in [0.1, 0.15) is 0 Å². The highest BCUT2D eigenvalue weighted by atomic mass is 79.9. The van der Waals surface area contributed by atoms with Gasteiger partial charge in [-0.15, -0.1) is 0 Å². The van der Waals surface area contributed by atoms with Crippen LogP contribution in [0.4, 0.5) is 5.82 Å². The Morgan fingerprint density at radius 1 is 1.11 bits per heavy atom. The molecule has 5 heteroatoms. The van der Waals surface area contributed by atoms with Crippen LogP contribution in [0.3, 0.4) is 0 Å². The first-order valence-corrected chi connectivity index (χ1v) is 6.51. The van der Waals surface area contributed by atoms with Crippen LogP contribution in [0, 0.1) is 0 Å². The summed E-state index contributed by atoms with van der Waals surface area (Å²) in [4.78, 5) is 4.53. The summed E-state index contributed by atoms with van der Waals surface area (Å²) >= 11 is 9.30. The van der Waals surface area contributed by atoms with Crippen LogP contribution in [0.5, 0.6) is 0 Å². The lowest BCUT2D eigenvalue weighted by Gasteiger charge is -1.99. The molecule has 0 fully saturated rings. The molecule has 3 nitrogen and oxygen atoms in total. The molecule has 0 bridgehead atoms. The number of fused-ring (bicyclic) bond motifs is 1. The van der Waals surface area contributed by atoms with E-state index in [0.717, 1.165) is 21.4 Å². The average Bonchev–Trinajstić information content (AvgIpc) is 2.68. The molecule has 3 rings (SSSR count). The first kappa shape index (κ1) is 11.6. The zero-order chi connectivity index (χ0) is 12.7. The van der Waals surface area contributed by atoms with Gasteiger partial charge in [0, 0.05) is 21.3 Å². The van der Waals surface area contributed by atoms with E-state index in [9.17, 15) is 0 Å². The zero-order valence-electron chi connectivity index (χ0n) is 9.27. The first-order chi connectivity index (χ1) is 8.65. The van der Waals surface area contributed by atoms with E-state index in [1.807, 2.05) is 47.0 Å². The Balaban J connectivity index is 2.23. The van der Waals surface area contributed by atoms with Crippen LogP contribution in [0.2, 0.25) is 5.02 Å². The minimum Gasteiger partial charge on any atom is -0.383 e. The van der Waals surface area contributed by atoms with Crippen LogP contribution < -0.4 is 5.73 Å². The Hall–Kier alpha value is -1.52. The van der Waals surface area contributed by atoms with Gasteiger partial charge in [0.05, 0.1) is 0 Å². The van der Waals surface area contributed by atoms with E-state index in [0.29, 0.717) is 10.8 Å². The maximum absolute atomic E-state index is 6.12. The van der Waals surface area contributed by atoms with Crippen LogP contribution >= 0.6 is 27.5 Å². The standard InChI is InChI=1S/C13H9BrClN3/c14-9-3-6-11-17-12(13(16)18(11)7-9)8-1-4-10(15)5-2-8/h1-7H,16H2. The number of hydrogen-bond donors (Lipinski definition) is 1. The molecule has 2 N–H and O–H groups in total. The third-order valence-corrected chi connectivity index (χ3v) is 3.46. The molecule has 0 aliphatic heterocycles. The van der Waals surface area contributed by atoms with Crippen molar-refractivity contribution in [2.45, 2.75) is 0 Å². The van der Waals surface area contributed by atoms with Crippen molar-refractivity contribution in [3.63, 3.8) is 0 Å². The van der Waals surface area contributed by atoms with E-state index in [4.69, 9.17) is 17.3 Å². The van der Waals surface area contributed by atoms with Gasteiger partial charge in [0.2, 0.25) is 0 Å². The number of nitrogens with two attached hydrogens (primary N) is 1. The van der Waals surface area contributed by atoms with Crippen molar-refractivity contribution >= 4 is 39.0 Å². The van der Waals surface area contributed by atoms with Crippen molar-refractivity contribution in [3.05, 3.63) is 52.1 Å². The Labute approximate surface area is 117 Å². The number of halogens is 2. The topological polar surface area (TPSA) is 43.3 Å². The van der Waals surface area contributed by atoms with Gasteiger partial charge in [0.1, 0.15) is 17.2 Å². The molecule has 0 aliphatic rings. The van der Waals surface area contributed by atoms with Crippen molar-refractivity contribution in [3.8, 4) is 11.3 Å². The molecule has 0 amide bonds. The maximum atomic E-state index is 6.12. The predicted octanol–water partition coefficient (Wildman–Crippen LogP) is 4.00. The molecule has 0 atom stereocenters. The summed E-state index contributed by atoms with van der Waals surface area (Å²) in [7, 11) is 0.